The highest BCUT2D eigenvalue weighted by Crippen LogP contribution is 2.30. The zero-order valence-electron chi connectivity index (χ0n) is 13.1. The molecule has 0 heterocycles. The Kier molecular flexibility index (Phi) is 7.03. The van der Waals surface area contributed by atoms with Crippen molar-refractivity contribution in [2.24, 2.45) is 0 Å². The Hall–Kier alpha value is -0.390. The summed E-state index contributed by atoms with van der Waals surface area (Å²) in [5.74, 6) is 0. The first-order valence-corrected chi connectivity index (χ1v) is 9.28. The van der Waals surface area contributed by atoms with Crippen LogP contribution < -0.4 is 5.30 Å². The van der Waals surface area contributed by atoms with E-state index in [1.807, 2.05) is 0 Å². The number of hydrogen-bond donors (Lipinski definition) is 0. The maximum Gasteiger partial charge on any atom is 0.0618 e. The first-order chi connectivity index (χ1) is 9.85. The Bertz CT molecular complexity index is 398. The molecule has 2 rings (SSSR count). The summed E-state index contributed by atoms with van der Waals surface area (Å²) in [5, 5.41) is 1.47. The average molecular weight is 292 g/mol. The van der Waals surface area contributed by atoms with Crippen molar-refractivity contribution >= 4 is 14.1 Å². The Labute approximate surface area is 126 Å². The Morgan fingerprint density at radius 1 is 1.10 bits per heavy atom. The molecule has 0 saturated heterocycles. The standard InChI is InChI=1S/C18H29OP/c1-3-5-9-15-10-7-14-18(17(15)13-6-4-2)20-19-16-11-8-12-16/h7,10,14,16,20H,3-6,8-9,11-13H2,1-2H3. The molecule has 0 radical (unpaired) electrons. The molecule has 1 unspecified atom stereocenters. The number of rotatable bonds is 9. The lowest BCUT2D eigenvalue weighted by Crippen LogP contribution is -2.20. The lowest BCUT2D eigenvalue weighted by Gasteiger charge is -2.26. The van der Waals surface area contributed by atoms with E-state index in [2.05, 4.69) is 32.0 Å². The molecule has 0 aliphatic heterocycles. The van der Waals surface area contributed by atoms with Gasteiger partial charge in [-0.05, 0) is 56.1 Å². The molecule has 0 N–H and O–H groups in total. The third-order valence-electron chi connectivity index (χ3n) is 4.24. The third-order valence-corrected chi connectivity index (χ3v) is 5.38. The van der Waals surface area contributed by atoms with Crippen LogP contribution in [0.5, 0.6) is 0 Å². The first-order valence-electron chi connectivity index (χ1n) is 8.37. The molecule has 0 amide bonds. The van der Waals surface area contributed by atoms with Gasteiger partial charge in [-0.3, -0.25) is 0 Å². The van der Waals surface area contributed by atoms with Gasteiger partial charge in [0.15, 0.2) is 0 Å². The van der Waals surface area contributed by atoms with Crippen LogP contribution in [0, 0.1) is 0 Å². The highest BCUT2D eigenvalue weighted by molar-refractivity contribution is 7.42. The molecular formula is C18H29OP. The summed E-state index contributed by atoms with van der Waals surface area (Å²) >= 11 is 0. The molecular weight excluding hydrogens is 263 g/mol. The second-order valence-electron chi connectivity index (χ2n) is 5.92. The fraction of sp³-hybridized carbons (Fsp3) is 0.667. The lowest BCUT2D eigenvalue weighted by molar-refractivity contribution is 0.143. The second-order valence-corrected chi connectivity index (χ2v) is 6.90. The normalized spacial score (nSPS) is 15.9. The van der Waals surface area contributed by atoms with Crippen LogP contribution in [-0.4, -0.2) is 6.10 Å². The highest BCUT2D eigenvalue weighted by Gasteiger charge is 2.18. The van der Waals surface area contributed by atoms with E-state index in [1.54, 1.807) is 11.1 Å². The van der Waals surface area contributed by atoms with Gasteiger partial charge in [-0.1, -0.05) is 44.9 Å². The summed E-state index contributed by atoms with van der Waals surface area (Å²) < 4.78 is 6.07. The van der Waals surface area contributed by atoms with Gasteiger partial charge in [0.25, 0.3) is 0 Å². The van der Waals surface area contributed by atoms with Gasteiger partial charge < -0.3 is 4.52 Å². The van der Waals surface area contributed by atoms with Crippen LogP contribution in [-0.2, 0) is 17.4 Å². The van der Waals surface area contributed by atoms with Crippen molar-refractivity contribution in [3.8, 4) is 0 Å². The van der Waals surface area contributed by atoms with Crippen LogP contribution in [0.4, 0.5) is 0 Å². The molecule has 0 aromatic heterocycles. The van der Waals surface area contributed by atoms with Crippen molar-refractivity contribution in [2.75, 3.05) is 0 Å². The molecule has 0 bridgehead atoms. The minimum atomic E-state index is 0.548. The maximum absolute atomic E-state index is 6.07. The maximum atomic E-state index is 6.07. The van der Waals surface area contributed by atoms with Gasteiger partial charge in [0, 0.05) is 14.1 Å². The third kappa shape index (κ3) is 4.57. The highest BCUT2D eigenvalue weighted by atomic mass is 31.1. The molecule has 112 valence electrons. The minimum Gasteiger partial charge on any atom is -0.354 e. The Morgan fingerprint density at radius 2 is 1.85 bits per heavy atom. The van der Waals surface area contributed by atoms with E-state index in [0.29, 0.717) is 14.9 Å². The van der Waals surface area contributed by atoms with Crippen LogP contribution in [0.15, 0.2) is 18.2 Å². The van der Waals surface area contributed by atoms with Crippen molar-refractivity contribution in [3.05, 3.63) is 29.3 Å². The monoisotopic (exact) mass is 292 g/mol. The molecule has 1 aromatic rings. The summed E-state index contributed by atoms with van der Waals surface area (Å²) in [6.07, 6.45) is 12.1. The topological polar surface area (TPSA) is 9.23 Å². The number of aryl methyl sites for hydroxylation is 1. The lowest BCUT2D eigenvalue weighted by atomic mass is 9.97. The summed E-state index contributed by atoms with van der Waals surface area (Å²) in [6.45, 7) is 4.55. The predicted octanol–water partition coefficient (Wildman–Crippen LogP) is 5.16. The van der Waals surface area contributed by atoms with Gasteiger partial charge in [-0.2, -0.15) is 0 Å². The predicted molar refractivity (Wildman–Crippen MR) is 90.3 cm³/mol. The van der Waals surface area contributed by atoms with E-state index in [4.69, 9.17) is 4.52 Å². The summed E-state index contributed by atoms with van der Waals surface area (Å²) in [5.41, 5.74) is 3.17. The summed E-state index contributed by atoms with van der Waals surface area (Å²) in [7, 11) is 0.554. The van der Waals surface area contributed by atoms with Gasteiger partial charge in [-0.25, -0.2) is 0 Å². The van der Waals surface area contributed by atoms with Crippen molar-refractivity contribution < 1.29 is 4.52 Å². The molecule has 1 aliphatic rings. The molecule has 1 atom stereocenters. The Morgan fingerprint density at radius 3 is 2.50 bits per heavy atom. The zero-order valence-corrected chi connectivity index (χ0v) is 14.1. The minimum absolute atomic E-state index is 0.548. The van der Waals surface area contributed by atoms with E-state index in [1.165, 1.54) is 63.1 Å². The fourth-order valence-corrected chi connectivity index (χ4v) is 3.72. The fourth-order valence-electron chi connectivity index (χ4n) is 2.62. The van der Waals surface area contributed by atoms with Gasteiger partial charge >= 0.3 is 0 Å². The first kappa shape index (κ1) is 16.0. The average Bonchev–Trinajstić information content (AvgIpc) is 2.42. The van der Waals surface area contributed by atoms with Gasteiger partial charge in [0.2, 0.25) is 0 Å². The van der Waals surface area contributed by atoms with E-state index >= 15 is 0 Å². The largest absolute Gasteiger partial charge is 0.354 e. The van der Waals surface area contributed by atoms with E-state index in [9.17, 15) is 0 Å². The van der Waals surface area contributed by atoms with Crippen LogP contribution in [0.25, 0.3) is 0 Å². The molecule has 1 fully saturated rings. The zero-order chi connectivity index (χ0) is 14.2. The Balaban J connectivity index is 2.05. The molecule has 1 aromatic carbocycles. The van der Waals surface area contributed by atoms with Crippen molar-refractivity contribution in [2.45, 2.75) is 77.7 Å². The van der Waals surface area contributed by atoms with Gasteiger partial charge in [0.1, 0.15) is 0 Å². The molecule has 0 spiro atoms. The van der Waals surface area contributed by atoms with Gasteiger partial charge in [-0.15, -0.1) is 0 Å². The van der Waals surface area contributed by atoms with Crippen molar-refractivity contribution in [3.63, 3.8) is 0 Å². The van der Waals surface area contributed by atoms with Gasteiger partial charge in [0.05, 0.1) is 6.10 Å². The van der Waals surface area contributed by atoms with E-state index in [-0.39, 0.29) is 0 Å². The quantitative estimate of drug-likeness (QED) is 0.571. The molecule has 1 nitrogen and oxygen atoms in total. The van der Waals surface area contributed by atoms with Crippen LogP contribution in [0.2, 0.25) is 0 Å². The van der Waals surface area contributed by atoms with Crippen LogP contribution >= 0.6 is 8.81 Å². The van der Waals surface area contributed by atoms with Crippen molar-refractivity contribution in [1.29, 1.82) is 0 Å². The van der Waals surface area contributed by atoms with E-state index < -0.39 is 0 Å². The molecule has 20 heavy (non-hydrogen) atoms. The molecule has 1 saturated carbocycles. The van der Waals surface area contributed by atoms with Crippen LogP contribution in [0.3, 0.4) is 0 Å². The summed E-state index contributed by atoms with van der Waals surface area (Å²) in [6, 6.07) is 6.85. The van der Waals surface area contributed by atoms with Crippen molar-refractivity contribution in [1.82, 2.24) is 0 Å². The second kappa shape index (κ2) is 8.80. The molecule has 1 aliphatic carbocycles. The number of unbranched alkanes of at least 4 members (excludes halogenated alkanes) is 2. The number of benzene rings is 1. The van der Waals surface area contributed by atoms with E-state index in [0.717, 1.165) is 0 Å². The molecule has 2 heteroatoms. The van der Waals surface area contributed by atoms with Crippen LogP contribution in [0.1, 0.15) is 69.9 Å². The SMILES string of the molecule is CCCCc1cccc(POC2CCC2)c1CCCC. The summed E-state index contributed by atoms with van der Waals surface area (Å²) in [4.78, 5) is 0. The number of hydrogen-bond acceptors (Lipinski definition) is 1. The smallest absolute Gasteiger partial charge is 0.0618 e.